The van der Waals surface area contributed by atoms with Gasteiger partial charge in [-0.1, -0.05) is 41.5 Å². The zero-order valence-electron chi connectivity index (χ0n) is 18.3. The van der Waals surface area contributed by atoms with Crippen molar-refractivity contribution < 1.29 is 23.1 Å². The molecule has 154 valence electrons. The van der Waals surface area contributed by atoms with Crippen LogP contribution in [0.3, 0.4) is 0 Å². The number of carbonyl (C=O) groups is 1. The topological polar surface area (TPSA) is 54.0 Å². The van der Waals surface area contributed by atoms with Crippen LogP contribution in [0.15, 0.2) is 12.1 Å². The van der Waals surface area contributed by atoms with Crippen molar-refractivity contribution in [2.75, 3.05) is 13.2 Å². The molecule has 0 saturated heterocycles. The molecule has 1 aromatic carbocycles. The highest BCUT2D eigenvalue weighted by molar-refractivity contribution is 7.42. The van der Waals surface area contributed by atoms with Gasteiger partial charge in [0.15, 0.2) is 0 Å². The lowest BCUT2D eigenvalue weighted by atomic mass is 9.81. The second-order valence-electron chi connectivity index (χ2n) is 8.69. The molecule has 6 heteroatoms. The second-order valence-corrected chi connectivity index (χ2v) is 9.84. The summed E-state index contributed by atoms with van der Waals surface area (Å²) in [6.45, 7) is 19.0. The van der Waals surface area contributed by atoms with Crippen LogP contribution in [0.1, 0.15) is 73.4 Å². The van der Waals surface area contributed by atoms with Crippen LogP contribution in [-0.4, -0.2) is 19.2 Å². The van der Waals surface area contributed by atoms with Gasteiger partial charge in [-0.15, -0.1) is 0 Å². The third-order valence-electron chi connectivity index (χ3n) is 3.56. The lowest BCUT2D eigenvalue weighted by molar-refractivity contribution is -0.132. The Balaban J connectivity index is 3.48. The monoisotopic (exact) mass is 398 g/mol. The Bertz CT molecular complexity index is 623. The third-order valence-corrected chi connectivity index (χ3v) is 4.86. The largest absolute Gasteiger partial charge is 0.427 e. The average Bonchev–Trinajstić information content (AvgIpc) is 2.47. The van der Waals surface area contributed by atoms with E-state index in [0.29, 0.717) is 24.7 Å². The molecule has 0 atom stereocenters. The highest BCUT2D eigenvalue weighted by Gasteiger charge is 2.27. The molecule has 0 aliphatic carbocycles. The molecule has 0 spiro atoms. The van der Waals surface area contributed by atoms with E-state index < -0.39 is 8.60 Å². The second kappa shape index (κ2) is 9.86. The summed E-state index contributed by atoms with van der Waals surface area (Å²) >= 11 is 0. The van der Waals surface area contributed by atoms with Gasteiger partial charge in [0.1, 0.15) is 11.5 Å². The van der Waals surface area contributed by atoms with Gasteiger partial charge in [-0.05, 0) is 48.8 Å². The molecular formula is C21H35O5P. The Morgan fingerprint density at radius 1 is 1.00 bits per heavy atom. The molecule has 0 unspecified atom stereocenters. The first-order chi connectivity index (χ1) is 12.4. The summed E-state index contributed by atoms with van der Waals surface area (Å²) in [5, 5.41) is 0. The van der Waals surface area contributed by atoms with Gasteiger partial charge < -0.3 is 18.3 Å². The third kappa shape index (κ3) is 8.16. The number of ether oxygens (including phenoxy) is 1. The molecule has 0 amide bonds. The number of esters is 1. The molecule has 0 N–H and O–H groups in total. The molecule has 1 aromatic rings. The van der Waals surface area contributed by atoms with Crippen molar-refractivity contribution in [3.05, 3.63) is 23.3 Å². The predicted octanol–water partition coefficient (Wildman–Crippen LogP) is 6.18. The lowest BCUT2D eigenvalue weighted by Crippen LogP contribution is -2.19. The summed E-state index contributed by atoms with van der Waals surface area (Å²) in [6, 6.07) is 3.87. The van der Waals surface area contributed by atoms with Crippen molar-refractivity contribution in [1.29, 1.82) is 0 Å². The van der Waals surface area contributed by atoms with E-state index in [-0.39, 0.29) is 16.8 Å². The quantitative estimate of drug-likeness (QED) is 0.297. The van der Waals surface area contributed by atoms with E-state index in [1.165, 1.54) is 6.92 Å². The van der Waals surface area contributed by atoms with Gasteiger partial charge in [0.2, 0.25) is 0 Å². The molecule has 0 heterocycles. The number of hydrogen-bond acceptors (Lipinski definition) is 5. The Labute approximate surface area is 165 Å². The van der Waals surface area contributed by atoms with Gasteiger partial charge in [0.25, 0.3) is 0 Å². The Morgan fingerprint density at radius 2 is 1.56 bits per heavy atom. The number of carbonyl (C=O) groups excluding carboxylic acids is 1. The van der Waals surface area contributed by atoms with E-state index in [9.17, 15) is 4.79 Å². The van der Waals surface area contributed by atoms with E-state index in [4.69, 9.17) is 18.3 Å². The first-order valence-corrected chi connectivity index (χ1v) is 10.6. The molecular weight excluding hydrogens is 363 g/mol. The maximum Gasteiger partial charge on any atom is 0.397 e. The van der Waals surface area contributed by atoms with Crippen molar-refractivity contribution in [2.45, 2.75) is 74.1 Å². The van der Waals surface area contributed by atoms with E-state index in [0.717, 1.165) is 17.5 Å². The van der Waals surface area contributed by atoms with Gasteiger partial charge in [-0.2, -0.15) is 0 Å². The Hall–Kier alpha value is -1.16. The molecule has 0 aromatic heterocycles. The van der Waals surface area contributed by atoms with Crippen LogP contribution in [0, 0.1) is 5.41 Å². The van der Waals surface area contributed by atoms with Gasteiger partial charge >= 0.3 is 14.6 Å². The normalized spacial score (nSPS) is 12.4. The van der Waals surface area contributed by atoms with Crippen molar-refractivity contribution >= 4 is 14.6 Å². The van der Waals surface area contributed by atoms with E-state index in [1.54, 1.807) is 0 Å². The number of hydrogen-bond donors (Lipinski definition) is 0. The maximum atomic E-state index is 11.8. The van der Waals surface area contributed by atoms with Crippen LogP contribution < -0.4 is 9.26 Å². The van der Waals surface area contributed by atoms with Crippen LogP contribution in [0.25, 0.3) is 0 Å². The fourth-order valence-electron chi connectivity index (χ4n) is 2.62. The van der Waals surface area contributed by atoms with E-state index in [2.05, 4.69) is 41.5 Å². The highest BCUT2D eigenvalue weighted by atomic mass is 31.2. The molecule has 27 heavy (non-hydrogen) atoms. The highest BCUT2D eigenvalue weighted by Crippen LogP contribution is 2.45. The van der Waals surface area contributed by atoms with Crippen LogP contribution in [-0.2, 0) is 25.7 Å². The zero-order valence-corrected chi connectivity index (χ0v) is 19.2. The SMILES string of the molecule is CCOP(OCC)Oc1cc(CC(C)(C)C)c(OC(C)=O)c(C(C)(C)C)c1. The molecule has 0 saturated carbocycles. The number of rotatable bonds is 8. The Kier molecular flexibility index (Phi) is 8.72. The standard InChI is InChI=1S/C21H35O5P/c1-10-23-27(24-11-2)26-17-12-16(14-20(4,5)6)19(25-15(3)22)18(13-17)21(7,8)9/h12-13H,10-11,14H2,1-9H3. The minimum absolute atomic E-state index is 0.0211. The van der Waals surface area contributed by atoms with Gasteiger partial charge in [0, 0.05) is 12.5 Å². The van der Waals surface area contributed by atoms with Crippen LogP contribution in [0.5, 0.6) is 11.5 Å². The van der Waals surface area contributed by atoms with Crippen LogP contribution in [0.4, 0.5) is 0 Å². The van der Waals surface area contributed by atoms with Gasteiger partial charge in [-0.25, -0.2) is 0 Å². The van der Waals surface area contributed by atoms with Crippen molar-refractivity contribution in [1.82, 2.24) is 0 Å². The van der Waals surface area contributed by atoms with Crippen LogP contribution in [0.2, 0.25) is 0 Å². The smallest absolute Gasteiger partial charge is 0.397 e. The van der Waals surface area contributed by atoms with E-state index >= 15 is 0 Å². The molecule has 0 aliphatic rings. The molecule has 0 radical (unpaired) electrons. The molecule has 0 aliphatic heterocycles. The van der Waals surface area contributed by atoms with Crippen molar-refractivity contribution in [3.8, 4) is 11.5 Å². The van der Waals surface area contributed by atoms with Crippen molar-refractivity contribution in [2.24, 2.45) is 5.41 Å². The average molecular weight is 398 g/mol. The van der Waals surface area contributed by atoms with Crippen LogP contribution >= 0.6 is 8.60 Å². The van der Waals surface area contributed by atoms with Crippen molar-refractivity contribution in [3.63, 3.8) is 0 Å². The first-order valence-electron chi connectivity index (χ1n) is 9.47. The lowest BCUT2D eigenvalue weighted by Gasteiger charge is -2.28. The molecule has 0 bridgehead atoms. The zero-order chi connectivity index (χ0) is 20.8. The van der Waals surface area contributed by atoms with Gasteiger partial charge in [-0.3, -0.25) is 4.79 Å². The summed E-state index contributed by atoms with van der Waals surface area (Å²) in [7, 11) is -1.46. The maximum absolute atomic E-state index is 11.8. The molecule has 5 nitrogen and oxygen atoms in total. The fourth-order valence-corrected chi connectivity index (χ4v) is 3.50. The summed E-state index contributed by atoms with van der Waals surface area (Å²) < 4.78 is 22.8. The minimum Gasteiger partial charge on any atom is -0.427 e. The summed E-state index contributed by atoms with van der Waals surface area (Å²) in [5.41, 5.74) is 1.67. The van der Waals surface area contributed by atoms with E-state index in [1.807, 2.05) is 26.0 Å². The first kappa shape index (κ1) is 23.9. The molecule has 0 fully saturated rings. The minimum atomic E-state index is -1.46. The summed E-state index contributed by atoms with van der Waals surface area (Å²) in [6.07, 6.45) is 0.747. The predicted molar refractivity (Wildman–Crippen MR) is 110 cm³/mol. The Morgan fingerprint density at radius 3 is 1.96 bits per heavy atom. The molecule has 1 rings (SSSR count). The fraction of sp³-hybridized carbons (Fsp3) is 0.667. The van der Waals surface area contributed by atoms with Gasteiger partial charge in [0.05, 0.1) is 13.2 Å². The summed E-state index contributed by atoms with van der Waals surface area (Å²) in [5.74, 6) is 0.979. The summed E-state index contributed by atoms with van der Waals surface area (Å²) in [4.78, 5) is 11.8. The number of benzene rings is 1.